The van der Waals surface area contributed by atoms with Gasteiger partial charge in [-0.2, -0.15) is 0 Å². The summed E-state index contributed by atoms with van der Waals surface area (Å²) in [5.74, 6) is -1.89. The molecule has 0 bridgehead atoms. The minimum absolute atomic E-state index is 0.253. The van der Waals surface area contributed by atoms with E-state index in [9.17, 15) is 14.4 Å². The third-order valence-corrected chi connectivity index (χ3v) is 4.76. The topological polar surface area (TPSA) is 95.4 Å². The van der Waals surface area contributed by atoms with Crippen LogP contribution in [0.25, 0.3) is 0 Å². The molecule has 4 amide bonds. The summed E-state index contributed by atoms with van der Waals surface area (Å²) in [6.07, 6.45) is 0. The number of carbonyl (C=O) groups excluding carboxylic acids is 3. The maximum atomic E-state index is 12.9. The van der Waals surface area contributed by atoms with Gasteiger partial charge in [-0.05, 0) is 24.3 Å². The van der Waals surface area contributed by atoms with Crippen molar-refractivity contribution in [2.75, 3.05) is 45.2 Å². The Labute approximate surface area is 157 Å². The second kappa shape index (κ2) is 7.77. The molecule has 9 nitrogen and oxygen atoms in total. The molecule has 2 fully saturated rings. The van der Waals surface area contributed by atoms with Gasteiger partial charge in [0, 0.05) is 5.70 Å². The van der Waals surface area contributed by atoms with E-state index in [0.717, 1.165) is 31.1 Å². The normalized spacial score (nSPS) is 21.8. The van der Waals surface area contributed by atoms with Crippen molar-refractivity contribution in [3.05, 3.63) is 36.5 Å². The quantitative estimate of drug-likeness (QED) is 0.557. The van der Waals surface area contributed by atoms with Crippen molar-refractivity contribution in [1.82, 2.24) is 15.8 Å². The largest absolute Gasteiger partial charge is 0.497 e. The Morgan fingerprint density at radius 3 is 2.44 bits per heavy atom. The van der Waals surface area contributed by atoms with Gasteiger partial charge < -0.3 is 15.1 Å². The van der Waals surface area contributed by atoms with Crippen molar-refractivity contribution < 1.29 is 24.0 Å². The van der Waals surface area contributed by atoms with E-state index in [1.54, 1.807) is 24.3 Å². The lowest BCUT2D eigenvalue weighted by molar-refractivity contribution is -0.884. The Kier molecular flexibility index (Phi) is 5.43. The number of anilines is 1. The number of hydrogen-bond acceptors (Lipinski definition) is 6. The molecule has 9 heteroatoms. The molecule has 1 atom stereocenters. The monoisotopic (exact) mass is 374 g/mol. The van der Waals surface area contributed by atoms with Gasteiger partial charge in [-0.1, -0.05) is 6.58 Å². The molecule has 0 aromatic heterocycles. The Morgan fingerprint density at radius 2 is 1.85 bits per heavy atom. The number of nitrogens with zero attached hydrogens (tertiary/aromatic N) is 2. The number of amides is 4. The molecule has 2 heterocycles. The zero-order valence-corrected chi connectivity index (χ0v) is 15.4. The van der Waals surface area contributed by atoms with E-state index in [-0.39, 0.29) is 5.70 Å². The van der Waals surface area contributed by atoms with Gasteiger partial charge >= 0.3 is 6.03 Å². The summed E-state index contributed by atoms with van der Waals surface area (Å²) < 4.78 is 5.09. The molecule has 1 aromatic carbocycles. The fraction of sp³-hybridized carbons (Fsp3) is 0.389. The smallest absolute Gasteiger partial charge is 0.335 e. The van der Waals surface area contributed by atoms with Gasteiger partial charge in [-0.25, -0.2) is 14.7 Å². The van der Waals surface area contributed by atoms with Crippen LogP contribution in [0.3, 0.4) is 0 Å². The highest BCUT2D eigenvalue weighted by molar-refractivity contribution is 6.28. The van der Waals surface area contributed by atoms with E-state index in [1.165, 1.54) is 12.0 Å². The van der Waals surface area contributed by atoms with Crippen molar-refractivity contribution in [1.29, 1.82) is 0 Å². The van der Waals surface area contributed by atoms with Gasteiger partial charge in [-0.3, -0.25) is 14.9 Å². The molecule has 27 heavy (non-hydrogen) atoms. The van der Waals surface area contributed by atoms with Crippen LogP contribution in [0.2, 0.25) is 0 Å². The van der Waals surface area contributed by atoms with Crippen molar-refractivity contribution in [3.63, 3.8) is 0 Å². The molecule has 2 saturated heterocycles. The molecule has 2 aliphatic heterocycles. The summed E-state index contributed by atoms with van der Waals surface area (Å²) in [5, 5.41) is 4.17. The van der Waals surface area contributed by atoms with Crippen LogP contribution in [-0.2, 0) is 9.59 Å². The lowest BCUT2D eigenvalue weighted by Gasteiger charge is -2.35. The molecule has 0 radical (unpaired) electrons. The Hall–Kier alpha value is -2.91. The molecular formula is C18H24N5O4+. The fourth-order valence-corrected chi connectivity index (χ4v) is 3.13. The Morgan fingerprint density at radius 1 is 1.22 bits per heavy atom. The maximum absolute atomic E-state index is 12.9. The van der Waals surface area contributed by atoms with Crippen LogP contribution in [0.1, 0.15) is 0 Å². The summed E-state index contributed by atoms with van der Waals surface area (Å²) in [5.41, 5.74) is 3.67. The Balaban J connectivity index is 1.76. The second-order valence-electron chi connectivity index (χ2n) is 6.68. The third-order valence-electron chi connectivity index (χ3n) is 4.76. The third kappa shape index (κ3) is 3.93. The number of methoxy groups -OCH3 is 1. The van der Waals surface area contributed by atoms with Crippen LogP contribution in [0.4, 0.5) is 10.5 Å². The second-order valence-corrected chi connectivity index (χ2v) is 6.68. The number of carbonyl (C=O) groups is 3. The summed E-state index contributed by atoms with van der Waals surface area (Å²) in [6.45, 7) is 7.31. The van der Waals surface area contributed by atoms with E-state index in [1.807, 2.05) is 5.01 Å². The highest BCUT2D eigenvalue weighted by Gasteiger charge is 2.43. The van der Waals surface area contributed by atoms with E-state index in [2.05, 4.69) is 24.4 Å². The predicted octanol–water partition coefficient (Wildman–Crippen LogP) is -1.26. The summed E-state index contributed by atoms with van der Waals surface area (Å²) >= 11 is 0. The fourth-order valence-electron chi connectivity index (χ4n) is 3.13. The standard InChI is InChI=1S/C18H23N5O4/c1-12(20-22-10-8-21(2)9-11-22)15-16(24)19-18(26)23(17(15)25)13-4-6-14(27-3)7-5-13/h4-7,15,20H,1,8-11H2,2-3H3,(H,19,24,26)/p+1/t15-/m0/s1. The number of piperazine rings is 1. The van der Waals surface area contributed by atoms with Crippen LogP contribution in [0.5, 0.6) is 5.75 Å². The van der Waals surface area contributed by atoms with Crippen molar-refractivity contribution in [3.8, 4) is 5.75 Å². The average Bonchev–Trinajstić information content (AvgIpc) is 2.64. The maximum Gasteiger partial charge on any atom is 0.335 e. The lowest BCUT2D eigenvalue weighted by Crippen LogP contribution is -3.12. The van der Waals surface area contributed by atoms with Gasteiger partial charge in [0.25, 0.3) is 5.91 Å². The number of barbiturate groups is 1. The minimum atomic E-state index is -1.18. The molecule has 1 aromatic rings. The molecule has 0 spiro atoms. The first-order valence-electron chi connectivity index (χ1n) is 8.75. The van der Waals surface area contributed by atoms with Gasteiger partial charge in [0.05, 0.1) is 46.0 Å². The van der Waals surface area contributed by atoms with Crippen LogP contribution in [0, 0.1) is 5.92 Å². The van der Waals surface area contributed by atoms with Gasteiger partial charge in [0.1, 0.15) is 5.75 Å². The zero-order valence-electron chi connectivity index (χ0n) is 15.4. The number of hydrazine groups is 1. The number of nitrogens with one attached hydrogen (secondary N) is 3. The number of benzene rings is 1. The van der Waals surface area contributed by atoms with Gasteiger partial charge in [0.2, 0.25) is 5.91 Å². The van der Waals surface area contributed by atoms with Crippen LogP contribution >= 0.6 is 0 Å². The van der Waals surface area contributed by atoms with Crippen LogP contribution in [0.15, 0.2) is 36.5 Å². The number of imide groups is 2. The van der Waals surface area contributed by atoms with Crippen molar-refractivity contribution in [2.24, 2.45) is 5.92 Å². The molecule has 0 unspecified atom stereocenters. The number of hydrogen-bond donors (Lipinski definition) is 3. The first-order chi connectivity index (χ1) is 12.9. The van der Waals surface area contributed by atoms with Crippen molar-refractivity contribution >= 4 is 23.5 Å². The summed E-state index contributed by atoms with van der Waals surface area (Å²) in [6, 6.07) is 5.68. The van der Waals surface area contributed by atoms with Crippen LogP contribution < -0.4 is 25.3 Å². The number of likely N-dealkylation sites (N-methyl/N-ethyl adjacent to an activating group) is 1. The molecule has 0 saturated carbocycles. The predicted molar refractivity (Wildman–Crippen MR) is 98.0 cm³/mol. The Bertz CT molecular complexity index is 756. The minimum Gasteiger partial charge on any atom is -0.497 e. The average molecular weight is 374 g/mol. The molecular weight excluding hydrogens is 350 g/mol. The van der Waals surface area contributed by atoms with Crippen LogP contribution in [-0.4, -0.2) is 63.2 Å². The number of rotatable bonds is 5. The highest BCUT2D eigenvalue weighted by atomic mass is 16.5. The van der Waals surface area contributed by atoms with E-state index >= 15 is 0 Å². The number of urea groups is 1. The first-order valence-corrected chi connectivity index (χ1v) is 8.75. The van der Waals surface area contributed by atoms with Gasteiger partial charge in [0.15, 0.2) is 5.92 Å². The lowest BCUT2D eigenvalue weighted by atomic mass is 10.0. The number of ether oxygens (including phenoxy) is 1. The molecule has 0 aliphatic carbocycles. The molecule has 3 rings (SSSR count). The van der Waals surface area contributed by atoms with Gasteiger partial charge in [-0.15, -0.1) is 0 Å². The van der Waals surface area contributed by atoms with Crippen molar-refractivity contribution in [2.45, 2.75) is 0 Å². The molecule has 3 N–H and O–H groups in total. The molecule has 144 valence electrons. The first kappa shape index (κ1) is 18.9. The summed E-state index contributed by atoms with van der Waals surface area (Å²) in [4.78, 5) is 39.8. The van der Waals surface area contributed by atoms with E-state index < -0.39 is 23.8 Å². The van der Waals surface area contributed by atoms with E-state index in [4.69, 9.17) is 4.74 Å². The highest BCUT2D eigenvalue weighted by Crippen LogP contribution is 2.25. The summed E-state index contributed by atoms with van der Waals surface area (Å²) in [7, 11) is 3.64. The molecule has 2 aliphatic rings. The van der Waals surface area contributed by atoms with E-state index in [0.29, 0.717) is 11.4 Å². The SMILES string of the molecule is C=C(NN1CC[NH+](C)CC1)[C@H]1C(=O)NC(=O)N(c2ccc(OC)cc2)C1=O. The zero-order chi connectivity index (χ0) is 19.6. The number of quaternary nitrogens is 1.